The lowest BCUT2D eigenvalue weighted by Crippen LogP contribution is -2.26. The molecule has 1 saturated carbocycles. The Balaban J connectivity index is 1.39. The van der Waals surface area contributed by atoms with Gasteiger partial charge in [-0.05, 0) is 45.0 Å². The second-order valence-electron chi connectivity index (χ2n) is 8.63. The van der Waals surface area contributed by atoms with E-state index >= 15 is 0 Å². The molecule has 1 aromatic heterocycles. The lowest BCUT2D eigenvalue weighted by Gasteiger charge is -2.18. The fraction of sp³-hybridized carbons (Fsp3) is 0.476. The van der Waals surface area contributed by atoms with Gasteiger partial charge in [-0.15, -0.1) is 5.10 Å². The smallest absolute Gasteiger partial charge is 0.414 e. The maximum atomic E-state index is 12.3. The highest BCUT2D eigenvalue weighted by molar-refractivity contribution is 5.89. The molecule has 9 heteroatoms. The zero-order chi connectivity index (χ0) is 21.5. The summed E-state index contributed by atoms with van der Waals surface area (Å²) in [5.74, 6) is -0.549. The van der Waals surface area contributed by atoms with Crippen LogP contribution < -0.4 is 4.90 Å². The van der Waals surface area contributed by atoms with Crippen molar-refractivity contribution < 1.29 is 19.1 Å². The van der Waals surface area contributed by atoms with Crippen LogP contribution in [0, 0.1) is 6.57 Å². The van der Waals surface area contributed by atoms with Crippen LogP contribution in [-0.2, 0) is 21.6 Å². The summed E-state index contributed by atoms with van der Waals surface area (Å²) in [7, 11) is 0. The maximum absolute atomic E-state index is 12.3. The minimum Gasteiger partial charge on any atom is -0.455 e. The second kappa shape index (κ2) is 7.13. The predicted molar refractivity (Wildman–Crippen MR) is 107 cm³/mol. The molecule has 0 N–H and O–H groups in total. The van der Waals surface area contributed by atoms with Crippen molar-refractivity contribution >= 4 is 17.7 Å². The summed E-state index contributed by atoms with van der Waals surface area (Å²) in [6.07, 6.45) is 2.38. The molecule has 9 nitrogen and oxygen atoms in total. The van der Waals surface area contributed by atoms with Gasteiger partial charge >= 0.3 is 12.1 Å². The van der Waals surface area contributed by atoms with Gasteiger partial charge in [0.2, 0.25) is 0 Å². The molecular weight excluding hydrogens is 386 g/mol. The Labute approximate surface area is 174 Å². The number of carbonyl (C=O) groups is 2. The summed E-state index contributed by atoms with van der Waals surface area (Å²) in [4.78, 5) is 29.7. The van der Waals surface area contributed by atoms with Crippen LogP contribution >= 0.6 is 0 Å². The first-order valence-corrected chi connectivity index (χ1v) is 9.80. The molecule has 0 unspecified atom stereocenters. The molecule has 0 radical (unpaired) electrons. The van der Waals surface area contributed by atoms with Gasteiger partial charge in [0.05, 0.1) is 19.3 Å². The van der Waals surface area contributed by atoms with E-state index in [0.717, 1.165) is 24.1 Å². The van der Waals surface area contributed by atoms with Crippen molar-refractivity contribution in [3.8, 4) is 0 Å². The Hall–Kier alpha value is -3.41. The van der Waals surface area contributed by atoms with E-state index < -0.39 is 23.8 Å². The van der Waals surface area contributed by atoms with E-state index in [1.807, 2.05) is 24.3 Å². The number of esters is 1. The molecule has 1 aliphatic heterocycles. The maximum Gasteiger partial charge on any atom is 0.414 e. The second-order valence-corrected chi connectivity index (χ2v) is 8.63. The highest BCUT2D eigenvalue weighted by Crippen LogP contribution is 2.49. The van der Waals surface area contributed by atoms with Crippen LogP contribution in [0.5, 0.6) is 0 Å². The van der Waals surface area contributed by atoms with Crippen molar-refractivity contribution in [3.05, 3.63) is 53.1 Å². The summed E-state index contributed by atoms with van der Waals surface area (Å²) in [5, 5.41) is 7.78. The van der Waals surface area contributed by atoms with E-state index in [0.29, 0.717) is 6.54 Å². The number of carbonyl (C=O) groups excluding carboxylic acids is 2. The minimum atomic E-state index is -0.619. The molecule has 30 heavy (non-hydrogen) atoms. The summed E-state index contributed by atoms with van der Waals surface area (Å²) < 4.78 is 12.2. The Morgan fingerprint density at radius 2 is 2.03 bits per heavy atom. The molecule has 0 bridgehead atoms. The zero-order valence-corrected chi connectivity index (χ0v) is 17.2. The summed E-state index contributed by atoms with van der Waals surface area (Å²) in [6, 6.07) is 7.51. The van der Waals surface area contributed by atoms with Crippen LogP contribution in [0.3, 0.4) is 0 Å². The number of ether oxygens (including phenoxy) is 2. The third-order valence-electron chi connectivity index (χ3n) is 5.07. The Morgan fingerprint density at radius 3 is 2.63 bits per heavy atom. The van der Waals surface area contributed by atoms with E-state index in [-0.39, 0.29) is 17.8 Å². The molecule has 4 rings (SSSR count). The number of cyclic esters (lactones) is 1. The number of amides is 1. The van der Waals surface area contributed by atoms with Gasteiger partial charge in [-0.2, -0.15) is 0 Å². The number of hydrogen-bond donors (Lipinski definition) is 0. The average Bonchev–Trinajstić information content (AvgIpc) is 3.20. The molecule has 1 atom stereocenters. The normalized spacial score (nSPS) is 19.9. The van der Waals surface area contributed by atoms with E-state index in [2.05, 4.69) is 15.2 Å². The van der Waals surface area contributed by atoms with Gasteiger partial charge in [0.15, 0.2) is 5.69 Å². The van der Waals surface area contributed by atoms with Crippen molar-refractivity contribution in [2.75, 3.05) is 11.4 Å². The lowest BCUT2D eigenvalue weighted by atomic mass is 10.1. The molecule has 2 aromatic rings. The molecule has 1 amide bonds. The standard InChI is InChI=1S/C21H23N5O4/c1-20(2,3)30-18(27)17-13-25(24-23-17)11-16-12-26(19(28)29-16)15-7-5-14(6-8-15)21(22-4)9-10-21/h5-8,13,16H,9-12H2,1-3H3/t16-/m0/s1. The lowest BCUT2D eigenvalue weighted by molar-refractivity contribution is 0.00625. The first kappa shape index (κ1) is 19.9. The summed E-state index contributed by atoms with van der Waals surface area (Å²) >= 11 is 0. The fourth-order valence-electron chi connectivity index (χ4n) is 3.38. The first-order valence-electron chi connectivity index (χ1n) is 9.80. The van der Waals surface area contributed by atoms with Gasteiger partial charge in [-0.25, -0.2) is 20.8 Å². The molecule has 1 saturated heterocycles. The zero-order valence-electron chi connectivity index (χ0n) is 17.2. The largest absolute Gasteiger partial charge is 0.455 e. The van der Waals surface area contributed by atoms with E-state index in [4.69, 9.17) is 16.0 Å². The molecule has 156 valence electrons. The monoisotopic (exact) mass is 409 g/mol. The summed E-state index contributed by atoms with van der Waals surface area (Å²) in [5.41, 5.74) is 0.829. The van der Waals surface area contributed by atoms with Crippen molar-refractivity contribution in [2.24, 2.45) is 0 Å². The van der Waals surface area contributed by atoms with Gasteiger partial charge in [0.25, 0.3) is 5.54 Å². The SMILES string of the molecule is [C-]#[N+]C1(c2ccc(N3C[C@H](Cn4cc(C(=O)OC(C)(C)C)nn4)OC3=O)cc2)CC1. The quantitative estimate of drug-likeness (QED) is 0.557. The number of nitrogens with zero attached hydrogens (tertiary/aromatic N) is 5. The van der Waals surface area contributed by atoms with E-state index in [1.54, 1.807) is 25.7 Å². The molecular formula is C21H23N5O4. The van der Waals surface area contributed by atoms with Crippen LogP contribution in [0.25, 0.3) is 4.85 Å². The topological polar surface area (TPSA) is 90.9 Å². The number of aromatic nitrogens is 3. The Morgan fingerprint density at radius 1 is 1.33 bits per heavy atom. The Kier molecular flexibility index (Phi) is 4.73. The third-order valence-corrected chi connectivity index (χ3v) is 5.07. The number of hydrogen-bond acceptors (Lipinski definition) is 6. The van der Waals surface area contributed by atoms with E-state index in [1.165, 1.54) is 10.9 Å². The molecule has 2 heterocycles. The van der Waals surface area contributed by atoms with Crippen LogP contribution in [0.15, 0.2) is 30.5 Å². The molecule has 1 aliphatic carbocycles. The molecule has 2 fully saturated rings. The molecule has 2 aliphatic rings. The summed E-state index contributed by atoms with van der Waals surface area (Å²) in [6.45, 7) is 13.3. The highest BCUT2D eigenvalue weighted by atomic mass is 16.6. The van der Waals surface area contributed by atoms with Crippen LogP contribution in [0.4, 0.5) is 10.5 Å². The predicted octanol–water partition coefficient (Wildman–Crippen LogP) is 3.17. The molecule has 1 aromatic carbocycles. The third kappa shape index (κ3) is 3.99. The van der Waals surface area contributed by atoms with Gasteiger partial charge in [0.1, 0.15) is 11.7 Å². The number of rotatable bonds is 5. The first-order chi connectivity index (χ1) is 14.2. The van der Waals surface area contributed by atoms with Gasteiger partial charge in [-0.1, -0.05) is 5.21 Å². The van der Waals surface area contributed by atoms with Gasteiger partial charge < -0.3 is 14.3 Å². The van der Waals surface area contributed by atoms with Gasteiger partial charge in [-0.3, -0.25) is 4.90 Å². The Bertz CT molecular complexity index is 1010. The van der Waals surface area contributed by atoms with Crippen LogP contribution in [0.1, 0.15) is 49.7 Å². The minimum absolute atomic E-state index is 0.107. The van der Waals surface area contributed by atoms with E-state index in [9.17, 15) is 9.59 Å². The van der Waals surface area contributed by atoms with Crippen molar-refractivity contribution in [2.45, 2.75) is 57.4 Å². The average molecular weight is 409 g/mol. The number of anilines is 1. The fourth-order valence-corrected chi connectivity index (χ4v) is 3.38. The van der Waals surface area contributed by atoms with Crippen LogP contribution in [0.2, 0.25) is 0 Å². The van der Waals surface area contributed by atoms with Gasteiger partial charge in [0, 0.05) is 24.1 Å². The number of benzene rings is 1. The molecule has 0 spiro atoms. The van der Waals surface area contributed by atoms with Crippen molar-refractivity contribution in [3.63, 3.8) is 0 Å². The van der Waals surface area contributed by atoms with Crippen LogP contribution in [-0.4, -0.2) is 45.3 Å². The van der Waals surface area contributed by atoms with Crippen molar-refractivity contribution in [1.82, 2.24) is 15.0 Å². The van der Waals surface area contributed by atoms with Crippen molar-refractivity contribution in [1.29, 1.82) is 0 Å². The highest BCUT2D eigenvalue weighted by Gasteiger charge is 2.52.